The summed E-state index contributed by atoms with van der Waals surface area (Å²) in [6, 6.07) is 8.80. The molecule has 1 fully saturated rings. The number of hydrogen-bond donors (Lipinski definition) is 1. The normalized spacial score (nSPS) is 30.6. The first-order chi connectivity index (χ1) is 10.3. The molecule has 0 aromatic heterocycles. The van der Waals surface area contributed by atoms with E-state index in [0.717, 1.165) is 38.7 Å². The third-order valence-electron chi connectivity index (χ3n) is 4.72. The zero-order chi connectivity index (χ0) is 14.7. The van der Waals surface area contributed by atoms with Gasteiger partial charge in [0, 0.05) is 23.4 Å². The summed E-state index contributed by atoms with van der Waals surface area (Å²) in [5.41, 5.74) is 2.75. The molecule has 1 aliphatic heterocycles. The van der Waals surface area contributed by atoms with Gasteiger partial charge in [0.2, 0.25) is 0 Å². The van der Waals surface area contributed by atoms with Crippen LogP contribution in [0.2, 0.25) is 0 Å². The van der Waals surface area contributed by atoms with Crippen LogP contribution in [0.25, 0.3) is 0 Å². The zero-order valence-electron chi connectivity index (χ0n) is 12.7. The maximum atomic E-state index is 12.9. The van der Waals surface area contributed by atoms with Gasteiger partial charge in [0.15, 0.2) is 0 Å². The largest absolute Gasteiger partial charge is 0.377 e. The summed E-state index contributed by atoms with van der Waals surface area (Å²) >= 11 is 0. The van der Waals surface area contributed by atoms with Crippen LogP contribution in [-0.2, 0) is 22.0 Å². The molecule has 0 amide bonds. The summed E-state index contributed by atoms with van der Waals surface area (Å²) in [6.45, 7) is 0.838. The van der Waals surface area contributed by atoms with Gasteiger partial charge in [-0.3, -0.25) is 4.21 Å². The minimum atomic E-state index is -0.832. The van der Waals surface area contributed by atoms with E-state index in [9.17, 15) is 4.21 Å². The summed E-state index contributed by atoms with van der Waals surface area (Å²) < 4.78 is 18.5. The molecule has 21 heavy (non-hydrogen) atoms. The fourth-order valence-electron chi connectivity index (χ4n) is 3.63. The van der Waals surface area contributed by atoms with Crippen LogP contribution in [0, 0.1) is 0 Å². The lowest BCUT2D eigenvalue weighted by Gasteiger charge is -2.26. The quantitative estimate of drug-likeness (QED) is 0.869. The van der Waals surface area contributed by atoms with Gasteiger partial charge >= 0.3 is 0 Å². The second-order valence-corrected chi connectivity index (χ2v) is 7.78. The number of rotatable bonds is 4. The van der Waals surface area contributed by atoms with E-state index in [2.05, 4.69) is 29.6 Å². The van der Waals surface area contributed by atoms with Gasteiger partial charge in [-0.15, -0.1) is 0 Å². The Balaban J connectivity index is 1.78. The first-order valence-corrected chi connectivity index (χ1v) is 9.41. The second kappa shape index (κ2) is 7.03. The highest BCUT2D eigenvalue weighted by atomic mass is 32.2. The zero-order valence-corrected chi connectivity index (χ0v) is 13.5. The maximum Gasteiger partial charge on any atom is 0.0691 e. The molecule has 4 heteroatoms. The Hall–Kier alpha value is -0.710. The molecule has 0 bridgehead atoms. The van der Waals surface area contributed by atoms with Gasteiger partial charge < -0.3 is 10.1 Å². The van der Waals surface area contributed by atoms with E-state index < -0.39 is 10.8 Å². The van der Waals surface area contributed by atoms with Crippen LogP contribution < -0.4 is 5.32 Å². The van der Waals surface area contributed by atoms with Gasteiger partial charge in [-0.25, -0.2) is 0 Å². The maximum absolute atomic E-state index is 12.9. The smallest absolute Gasteiger partial charge is 0.0691 e. The average Bonchev–Trinajstić information content (AvgIpc) is 2.92. The molecule has 0 radical (unpaired) electrons. The number of ether oxygens (including phenoxy) is 1. The Morgan fingerprint density at radius 2 is 2.14 bits per heavy atom. The molecule has 3 nitrogen and oxygen atoms in total. The van der Waals surface area contributed by atoms with Crippen molar-refractivity contribution >= 4 is 10.8 Å². The molecule has 0 spiro atoms. The van der Waals surface area contributed by atoms with Crippen molar-refractivity contribution in [1.29, 1.82) is 0 Å². The fraction of sp³-hybridized carbons (Fsp3) is 0.647. The predicted molar refractivity (Wildman–Crippen MR) is 87.0 cm³/mol. The Bertz CT molecular complexity index is 499. The first kappa shape index (κ1) is 15.2. The van der Waals surface area contributed by atoms with E-state index in [4.69, 9.17) is 4.74 Å². The summed E-state index contributed by atoms with van der Waals surface area (Å²) in [7, 11) is 1.16. The van der Waals surface area contributed by atoms with Crippen molar-refractivity contribution in [2.24, 2.45) is 0 Å². The van der Waals surface area contributed by atoms with E-state index >= 15 is 0 Å². The van der Waals surface area contributed by atoms with Crippen LogP contribution in [0.4, 0.5) is 0 Å². The topological polar surface area (TPSA) is 38.3 Å². The summed E-state index contributed by atoms with van der Waals surface area (Å²) in [5.74, 6) is 0.699. The van der Waals surface area contributed by atoms with Gasteiger partial charge in [-0.05, 0) is 50.3 Å². The minimum Gasteiger partial charge on any atom is -0.377 e. The van der Waals surface area contributed by atoms with Crippen LogP contribution in [0.5, 0.6) is 0 Å². The molecule has 1 aromatic rings. The van der Waals surface area contributed by atoms with Crippen molar-refractivity contribution in [1.82, 2.24) is 5.32 Å². The second-order valence-electron chi connectivity index (χ2n) is 6.08. The monoisotopic (exact) mass is 307 g/mol. The van der Waals surface area contributed by atoms with E-state index in [1.165, 1.54) is 11.1 Å². The Labute approximate surface area is 129 Å². The first-order valence-electron chi connectivity index (χ1n) is 8.03. The summed E-state index contributed by atoms with van der Waals surface area (Å²) in [4.78, 5) is 0. The molecule has 4 atom stereocenters. The van der Waals surface area contributed by atoms with Gasteiger partial charge in [0.1, 0.15) is 0 Å². The number of nitrogens with one attached hydrogen (secondary N) is 1. The van der Waals surface area contributed by atoms with Crippen LogP contribution in [0.1, 0.15) is 42.9 Å². The van der Waals surface area contributed by atoms with Gasteiger partial charge in [-0.1, -0.05) is 24.3 Å². The Kier molecular flexibility index (Phi) is 5.09. The van der Waals surface area contributed by atoms with Gasteiger partial charge in [0.05, 0.1) is 17.1 Å². The van der Waals surface area contributed by atoms with Crippen molar-refractivity contribution in [3.05, 3.63) is 35.4 Å². The fourth-order valence-corrected chi connectivity index (χ4v) is 5.53. The number of aryl methyl sites for hydroxylation is 1. The molecular weight excluding hydrogens is 282 g/mol. The lowest BCUT2D eigenvalue weighted by atomic mass is 9.99. The number of fused-ring (bicyclic) bond motifs is 1. The highest BCUT2D eigenvalue weighted by Gasteiger charge is 2.32. The number of hydrogen-bond acceptors (Lipinski definition) is 3. The molecule has 0 saturated carbocycles. The molecule has 1 heterocycles. The molecule has 1 aromatic carbocycles. The molecule has 3 rings (SSSR count). The minimum absolute atomic E-state index is 0.197. The molecule has 116 valence electrons. The van der Waals surface area contributed by atoms with E-state index in [0.29, 0.717) is 5.75 Å². The van der Waals surface area contributed by atoms with Crippen molar-refractivity contribution < 1.29 is 8.95 Å². The van der Waals surface area contributed by atoms with Crippen molar-refractivity contribution in [2.45, 2.75) is 49.5 Å². The summed E-state index contributed by atoms with van der Waals surface area (Å²) in [6.07, 6.45) is 5.64. The standard InChI is InChI=1S/C17H25NO2S/c1-18-17-15-9-3-2-6-13(15)7-4-10-16(17)21(19)12-14-8-5-11-20-14/h2-3,6,9,14,16-18H,4-5,7-8,10-12H2,1H3. The van der Waals surface area contributed by atoms with Gasteiger partial charge in [0.25, 0.3) is 0 Å². The molecule has 1 N–H and O–H groups in total. The van der Waals surface area contributed by atoms with E-state index in [1.54, 1.807) is 0 Å². The van der Waals surface area contributed by atoms with Crippen LogP contribution >= 0.6 is 0 Å². The lowest BCUT2D eigenvalue weighted by molar-refractivity contribution is 0.128. The van der Waals surface area contributed by atoms with Crippen LogP contribution in [-0.4, -0.2) is 35.0 Å². The van der Waals surface area contributed by atoms with Gasteiger partial charge in [-0.2, -0.15) is 0 Å². The van der Waals surface area contributed by atoms with Crippen LogP contribution in [0.3, 0.4) is 0 Å². The third kappa shape index (κ3) is 3.38. The van der Waals surface area contributed by atoms with Crippen LogP contribution in [0.15, 0.2) is 24.3 Å². The average molecular weight is 307 g/mol. The van der Waals surface area contributed by atoms with Crippen molar-refractivity contribution in [3.63, 3.8) is 0 Å². The molecule has 1 aliphatic carbocycles. The molecule has 4 unspecified atom stereocenters. The molecule has 2 aliphatic rings. The Morgan fingerprint density at radius 1 is 1.29 bits per heavy atom. The highest BCUT2D eigenvalue weighted by molar-refractivity contribution is 7.85. The predicted octanol–water partition coefficient (Wildman–Crippen LogP) is 2.58. The molecular formula is C17H25NO2S. The molecule has 1 saturated heterocycles. The van der Waals surface area contributed by atoms with E-state index in [1.807, 2.05) is 7.05 Å². The highest BCUT2D eigenvalue weighted by Crippen LogP contribution is 2.32. The Morgan fingerprint density at radius 3 is 2.90 bits per heavy atom. The SMILES string of the molecule is CNC1c2ccccc2CCCC1S(=O)CC1CCCO1. The van der Waals surface area contributed by atoms with Crippen molar-refractivity contribution in [3.8, 4) is 0 Å². The third-order valence-corrected chi connectivity index (χ3v) is 6.60. The van der Waals surface area contributed by atoms with E-state index in [-0.39, 0.29) is 17.4 Å². The summed E-state index contributed by atoms with van der Waals surface area (Å²) in [5, 5.41) is 3.62. The van der Waals surface area contributed by atoms with Crippen molar-refractivity contribution in [2.75, 3.05) is 19.4 Å². The lowest BCUT2D eigenvalue weighted by Crippen LogP contribution is -2.35. The number of benzene rings is 1.